The summed E-state index contributed by atoms with van der Waals surface area (Å²) >= 11 is 6.26. The van der Waals surface area contributed by atoms with E-state index in [1.165, 1.54) is 5.56 Å². The quantitative estimate of drug-likeness (QED) is 0.619. The average molecular weight is 396 g/mol. The smallest absolute Gasteiger partial charge is 0.273 e. The third kappa shape index (κ3) is 3.32. The van der Waals surface area contributed by atoms with Crippen LogP contribution in [0.15, 0.2) is 48.5 Å². The molecule has 144 valence electrons. The number of amides is 1. The van der Waals surface area contributed by atoms with Crippen molar-refractivity contribution in [1.82, 2.24) is 15.1 Å². The Hall–Kier alpha value is -2.63. The summed E-state index contributed by atoms with van der Waals surface area (Å²) in [6.45, 7) is 3.25. The Morgan fingerprint density at radius 2 is 2.00 bits per heavy atom. The molecule has 1 amide bonds. The van der Waals surface area contributed by atoms with Gasteiger partial charge >= 0.3 is 0 Å². The standard InChI is InChI=1S/C22H22ClN3O2/c1-14-7-9-15(10-8-14)19-18-20(25-24-19)22(27)26(11-4-12-28-2)21(18)16-5-3-6-17(23)13-16/h3,5-10,13,21H,4,11-12H2,1-2H3,(H,24,25). The maximum absolute atomic E-state index is 13.1. The van der Waals surface area contributed by atoms with Gasteiger partial charge in [-0.15, -0.1) is 0 Å². The van der Waals surface area contributed by atoms with Crippen molar-refractivity contribution in [2.75, 3.05) is 20.3 Å². The van der Waals surface area contributed by atoms with Crippen molar-refractivity contribution in [2.45, 2.75) is 19.4 Å². The molecule has 0 radical (unpaired) electrons. The molecule has 4 rings (SSSR count). The molecule has 1 atom stereocenters. The van der Waals surface area contributed by atoms with Gasteiger partial charge in [0.15, 0.2) is 0 Å². The molecule has 1 aliphatic heterocycles. The summed E-state index contributed by atoms with van der Waals surface area (Å²) < 4.78 is 5.18. The number of hydrogen-bond donors (Lipinski definition) is 1. The predicted molar refractivity (Wildman–Crippen MR) is 110 cm³/mol. The van der Waals surface area contributed by atoms with Crippen LogP contribution in [0.25, 0.3) is 11.3 Å². The van der Waals surface area contributed by atoms with E-state index < -0.39 is 0 Å². The van der Waals surface area contributed by atoms with Crippen LogP contribution in [-0.4, -0.2) is 41.3 Å². The molecule has 1 aliphatic rings. The summed E-state index contributed by atoms with van der Waals surface area (Å²) in [5.41, 5.74) is 5.42. The van der Waals surface area contributed by atoms with Gasteiger partial charge in [-0.2, -0.15) is 5.10 Å². The van der Waals surface area contributed by atoms with E-state index in [1.807, 2.05) is 41.3 Å². The van der Waals surface area contributed by atoms with Crippen LogP contribution in [0.1, 0.15) is 39.6 Å². The molecule has 28 heavy (non-hydrogen) atoms. The van der Waals surface area contributed by atoms with Gasteiger partial charge in [0.2, 0.25) is 0 Å². The van der Waals surface area contributed by atoms with Crippen molar-refractivity contribution in [2.24, 2.45) is 0 Å². The highest BCUT2D eigenvalue weighted by atomic mass is 35.5. The Morgan fingerprint density at radius 3 is 2.71 bits per heavy atom. The zero-order valence-corrected chi connectivity index (χ0v) is 16.7. The SMILES string of the molecule is COCCCN1C(=O)c2[nH]nc(-c3ccc(C)cc3)c2C1c1cccc(Cl)c1. The largest absolute Gasteiger partial charge is 0.385 e. The second-order valence-electron chi connectivity index (χ2n) is 7.03. The first kappa shape index (κ1) is 18.7. The zero-order valence-electron chi connectivity index (χ0n) is 15.9. The highest BCUT2D eigenvalue weighted by Gasteiger charge is 2.41. The molecule has 2 aromatic carbocycles. The third-order valence-electron chi connectivity index (χ3n) is 5.10. The maximum Gasteiger partial charge on any atom is 0.273 e. The van der Waals surface area contributed by atoms with Crippen LogP contribution in [0.5, 0.6) is 0 Å². The summed E-state index contributed by atoms with van der Waals surface area (Å²) in [7, 11) is 1.67. The van der Waals surface area contributed by atoms with E-state index in [0.29, 0.717) is 23.9 Å². The van der Waals surface area contributed by atoms with Crippen molar-refractivity contribution >= 4 is 17.5 Å². The summed E-state index contributed by atoms with van der Waals surface area (Å²) in [6, 6.07) is 15.6. The normalized spacial score (nSPS) is 15.9. The molecule has 0 fully saturated rings. The summed E-state index contributed by atoms with van der Waals surface area (Å²) in [6.07, 6.45) is 0.761. The highest BCUT2D eigenvalue weighted by Crippen LogP contribution is 2.43. The van der Waals surface area contributed by atoms with Gasteiger partial charge in [0.25, 0.3) is 5.91 Å². The van der Waals surface area contributed by atoms with E-state index in [1.54, 1.807) is 7.11 Å². The number of H-pyrrole nitrogens is 1. The first-order valence-electron chi connectivity index (χ1n) is 9.31. The lowest BCUT2D eigenvalue weighted by atomic mass is 9.96. The molecule has 0 saturated carbocycles. The lowest BCUT2D eigenvalue weighted by Gasteiger charge is -2.26. The number of ether oxygens (including phenoxy) is 1. The number of halogens is 1. The molecule has 2 heterocycles. The van der Waals surface area contributed by atoms with Gasteiger partial charge in [-0.3, -0.25) is 9.89 Å². The van der Waals surface area contributed by atoms with Gasteiger partial charge < -0.3 is 9.64 Å². The maximum atomic E-state index is 13.1. The molecular weight excluding hydrogens is 374 g/mol. The molecule has 1 aromatic heterocycles. The van der Waals surface area contributed by atoms with E-state index >= 15 is 0 Å². The molecule has 0 saturated heterocycles. The molecule has 5 nitrogen and oxygen atoms in total. The van der Waals surface area contributed by atoms with E-state index in [9.17, 15) is 4.79 Å². The molecule has 0 bridgehead atoms. The Labute approximate surface area is 169 Å². The molecular formula is C22H22ClN3O2. The Kier molecular flexibility index (Phi) is 5.20. The van der Waals surface area contributed by atoms with Crippen molar-refractivity contribution in [3.63, 3.8) is 0 Å². The number of carbonyl (C=O) groups is 1. The number of aromatic nitrogens is 2. The molecule has 1 unspecified atom stereocenters. The second kappa shape index (κ2) is 7.78. The minimum absolute atomic E-state index is 0.0399. The molecule has 3 aromatic rings. The van der Waals surface area contributed by atoms with Crippen molar-refractivity contribution < 1.29 is 9.53 Å². The topological polar surface area (TPSA) is 58.2 Å². The van der Waals surface area contributed by atoms with Crippen LogP contribution in [0.4, 0.5) is 0 Å². The number of nitrogens with zero attached hydrogens (tertiary/aromatic N) is 2. The number of hydrogen-bond acceptors (Lipinski definition) is 3. The predicted octanol–water partition coefficient (Wildman–Crippen LogP) is 4.62. The van der Waals surface area contributed by atoms with Crippen LogP contribution in [-0.2, 0) is 4.74 Å². The lowest BCUT2D eigenvalue weighted by Crippen LogP contribution is -2.31. The molecule has 6 heteroatoms. The summed E-state index contributed by atoms with van der Waals surface area (Å²) in [5, 5.41) is 8.11. The number of rotatable bonds is 6. The Morgan fingerprint density at radius 1 is 1.21 bits per heavy atom. The number of aromatic amines is 1. The Balaban J connectivity index is 1.82. The van der Waals surface area contributed by atoms with Crippen LogP contribution < -0.4 is 0 Å². The minimum Gasteiger partial charge on any atom is -0.385 e. The molecule has 1 N–H and O–H groups in total. The van der Waals surface area contributed by atoms with Gasteiger partial charge in [0.1, 0.15) is 5.69 Å². The van der Waals surface area contributed by atoms with Crippen molar-refractivity contribution in [3.05, 3.63) is 75.9 Å². The van der Waals surface area contributed by atoms with Crippen molar-refractivity contribution in [1.29, 1.82) is 0 Å². The van der Waals surface area contributed by atoms with Gasteiger partial charge in [-0.1, -0.05) is 53.6 Å². The summed E-state index contributed by atoms with van der Waals surface area (Å²) in [4.78, 5) is 15.0. The van der Waals surface area contributed by atoms with Gasteiger partial charge in [-0.05, 0) is 31.0 Å². The third-order valence-corrected chi connectivity index (χ3v) is 5.34. The number of fused-ring (bicyclic) bond motifs is 1. The number of benzene rings is 2. The van der Waals surface area contributed by atoms with Crippen LogP contribution >= 0.6 is 11.6 Å². The van der Waals surface area contributed by atoms with Gasteiger partial charge in [0, 0.05) is 36.4 Å². The monoisotopic (exact) mass is 395 g/mol. The second-order valence-corrected chi connectivity index (χ2v) is 7.47. The Bertz CT molecular complexity index is 997. The molecule has 0 aliphatic carbocycles. The fourth-order valence-corrected chi connectivity index (χ4v) is 3.96. The van der Waals surface area contributed by atoms with E-state index in [-0.39, 0.29) is 11.9 Å². The van der Waals surface area contributed by atoms with Crippen molar-refractivity contribution in [3.8, 4) is 11.3 Å². The first-order valence-corrected chi connectivity index (χ1v) is 9.68. The lowest BCUT2D eigenvalue weighted by molar-refractivity contribution is 0.0723. The number of aryl methyl sites for hydroxylation is 1. The minimum atomic E-state index is -0.229. The van der Waals surface area contributed by atoms with Crippen LogP contribution in [0, 0.1) is 6.92 Å². The average Bonchev–Trinajstić information content (AvgIpc) is 3.22. The van der Waals surface area contributed by atoms with E-state index in [0.717, 1.165) is 28.8 Å². The van der Waals surface area contributed by atoms with Gasteiger partial charge in [0.05, 0.1) is 11.7 Å². The zero-order chi connectivity index (χ0) is 19.7. The fourth-order valence-electron chi connectivity index (χ4n) is 3.76. The highest BCUT2D eigenvalue weighted by molar-refractivity contribution is 6.30. The van der Waals surface area contributed by atoms with E-state index in [4.69, 9.17) is 16.3 Å². The first-order chi connectivity index (χ1) is 13.6. The molecule has 0 spiro atoms. The number of nitrogens with one attached hydrogen (secondary N) is 1. The summed E-state index contributed by atoms with van der Waals surface area (Å²) in [5.74, 6) is -0.0399. The number of carbonyl (C=O) groups excluding carboxylic acids is 1. The van der Waals surface area contributed by atoms with Crippen LogP contribution in [0.3, 0.4) is 0 Å². The van der Waals surface area contributed by atoms with Gasteiger partial charge in [-0.25, -0.2) is 0 Å². The fraction of sp³-hybridized carbons (Fsp3) is 0.273. The number of methoxy groups -OCH3 is 1. The van der Waals surface area contributed by atoms with Crippen LogP contribution in [0.2, 0.25) is 5.02 Å². The van der Waals surface area contributed by atoms with E-state index in [2.05, 4.69) is 29.3 Å².